The number of amides is 2. The number of carbonyl (C=O) groups is 2. The Labute approximate surface area is 120 Å². The van der Waals surface area contributed by atoms with Crippen molar-refractivity contribution in [2.75, 3.05) is 19.6 Å². The zero-order valence-electron chi connectivity index (χ0n) is 12.5. The second-order valence-corrected chi connectivity index (χ2v) is 6.74. The zero-order valence-corrected chi connectivity index (χ0v) is 12.5. The molecule has 1 aliphatic carbocycles. The van der Waals surface area contributed by atoms with Gasteiger partial charge in [0, 0.05) is 18.6 Å². The van der Waals surface area contributed by atoms with Crippen LogP contribution in [0.2, 0.25) is 0 Å². The molecule has 0 bridgehead atoms. The van der Waals surface area contributed by atoms with Crippen molar-refractivity contribution < 1.29 is 9.59 Å². The predicted octanol–water partition coefficient (Wildman–Crippen LogP) is 0.596. The van der Waals surface area contributed by atoms with E-state index in [1.54, 1.807) is 0 Å². The van der Waals surface area contributed by atoms with Crippen molar-refractivity contribution in [3.63, 3.8) is 0 Å². The SMILES string of the molecule is CC(C)N1C(=O)CC(NCC2CCN(C3CC3)C2)C1=O. The zero-order chi connectivity index (χ0) is 14.3. The molecule has 5 heteroatoms. The normalized spacial score (nSPS) is 31.9. The molecule has 2 saturated heterocycles. The van der Waals surface area contributed by atoms with E-state index < -0.39 is 0 Å². The minimum absolute atomic E-state index is 0.0290. The highest BCUT2D eigenvalue weighted by Gasteiger charge is 2.40. The highest BCUT2D eigenvalue weighted by molar-refractivity contribution is 6.05. The van der Waals surface area contributed by atoms with Crippen molar-refractivity contribution in [3.05, 3.63) is 0 Å². The largest absolute Gasteiger partial charge is 0.305 e. The molecule has 2 heterocycles. The van der Waals surface area contributed by atoms with Crippen LogP contribution in [0.1, 0.15) is 39.5 Å². The van der Waals surface area contributed by atoms with Gasteiger partial charge in [-0.25, -0.2) is 0 Å². The standard InChI is InChI=1S/C15H25N3O2/c1-10(2)18-14(19)7-13(15(18)20)16-8-11-5-6-17(9-11)12-3-4-12/h10-13,16H,3-9H2,1-2H3. The number of likely N-dealkylation sites (tertiary alicyclic amines) is 2. The molecule has 3 aliphatic rings. The van der Waals surface area contributed by atoms with E-state index in [1.165, 1.54) is 30.7 Å². The van der Waals surface area contributed by atoms with E-state index in [1.807, 2.05) is 13.8 Å². The first-order valence-corrected chi connectivity index (χ1v) is 7.89. The lowest BCUT2D eigenvalue weighted by atomic mass is 10.1. The molecule has 0 radical (unpaired) electrons. The van der Waals surface area contributed by atoms with Crippen molar-refractivity contribution in [2.45, 2.75) is 57.7 Å². The predicted molar refractivity (Wildman–Crippen MR) is 76.1 cm³/mol. The van der Waals surface area contributed by atoms with Gasteiger partial charge in [0.1, 0.15) is 0 Å². The quantitative estimate of drug-likeness (QED) is 0.749. The lowest BCUT2D eigenvalue weighted by Crippen LogP contribution is -2.43. The van der Waals surface area contributed by atoms with Gasteiger partial charge in [-0.3, -0.25) is 14.5 Å². The second kappa shape index (κ2) is 5.45. The average molecular weight is 279 g/mol. The number of carbonyl (C=O) groups excluding carboxylic acids is 2. The molecule has 112 valence electrons. The number of rotatable bonds is 5. The van der Waals surface area contributed by atoms with Crippen LogP contribution in [0.3, 0.4) is 0 Å². The molecule has 2 aliphatic heterocycles. The van der Waals surface area contributed by atoms with E-state index in [0.29, 0.717) is 12.3 Å². The third-order valence-corrected chi connectivity index (χ3v) is 4.73. The lowest BCUT2D eigenvalue weighted by Gasteiger charge is -2.20. The Balaban J connectivity index is 1.47. The number of imide groups is 1. The molecule has 0 aromatic rings. The summed E-state index contributed by atoms with van der Waals surface area (Å²) in [5.74, 6) is 0.558. The van der Waals surface area contributed by atoms with Crippen molar-refractivity contribution in [1.29, 1.82) is 0 Å². The first kappa shape index (κ1) is 14.0. The van der Waals surface area contributed by atoms with Gasteiger partial charge in [0.25, 0.3) is 0 Å². The van der Waals surface area contributed by atoms with Crippen LogP contribution in [-0.4, -0.2) is 59.4 Å². The minimum atomic E-state index is -0.292. The number of nitrogens with zero attached hydrogens (tertiary/aromatic N) is 2. The van der Waals surface area contributed by atoms with Crippen molar-refractivity contribution in [2.24, 2.45) is 5.92 Å². The summed E-state index contributed by atoms with van der Waals surface area (Å²) >= 11 is 0. The molecule has 2 amide bonds. The van der Waals surface area contributed by atoms with E-state index in [0.717, 1.165) is 19.1 Å². The van der Waals surface area contributed by atoms with Gasteiger partial charge in [-0.15, -0.1) is 0 Å². The summed E-state index contributed by atoms with van der Waals surface area (Å²) in [5, 5.41) is 3.33. The summed E-state index contributed by atoms with van der Waals surface area (Å²) in [7, 11) is 0. The number of nitrogens with one attached hydrogen (secondary N) is 1. The Kier molecular flexibility index (Phi) is 3.82. The van der Waals surface area contributed by atoms with Gasteiger partial charge in [-0.05, 0) is 52.1 Å². The summed E-state index contributed by atoms with van der Waals surface area (Å²) in [6.07, 6.45) is 4.26. The molecule has 5 nitrogen and oxygen atoms in total. The van der Waals surface area contributed by atoms with Crippen molar-refractivity contribution in [3.8, 4) is 0 Å². The van der Waals surface area contributed by atoms with Crippen molar-refractivity contribution >= 4 is 11.8 Å². The van der Waals surface area contributed by atoms with Crippen LogP contribution >= 0.6 is 0 Å². The summed E-state index contributed by atoms with van der Waals surface area (Å²) < 4.78 is 0. The summed E-state index contributed by atoms with van der Waals surface area (Å²) in [4.78, 5) is 28.0. The third-order valence-electron chi connectivity index (χ3n) is 4.73. The fourth-order valence-corrected chi connectivity index (χ4v) is 3.46. The maximum Gasteiger partial charge on any atom is 0.247 e. The van der Waals surface area contributed by atoms with Gasteiger partial charge in [0.15, 0.2) is 0 Å². The molecule has 3 rings (SSSR count). The molecule has 20 heavy (non-hydrogen) atoms. The van der Waals surface area contributed by atoms with E-state index >= 15 is 0 Å². The lowest BCUT2D eigenvalue weighted by molar-refractivity contribution is -0.140. The Morgan fingerprint density at radius 1 is 1.25 bits per heavy atom. The van der Waals surface area contributed by atoms with Crippen LogP contribution < -0.4 is 5.32 Å². The summed E-state index contributed by atoms with van der Waals surface area (Å²) in [5.41, 5.74) is 0. The molecular formula is C15H25N3O2. The fourth-order valence-electron chi connectivity index (χ4n) is 3.46. The summed E-state index contributed by atoms with van der Waals surface area (Å²) in [6, 6.07) is 0.518. The maximum absolute atomic E-state index is 12.2. The molecular weight excluding hydrogens is 254 g/mol. The second-order valence-electron chi connectivity index (χ2n) is 6.74. The van der Waals surface area contributed by atoms with E-state index in [2.05, 4.69) is 10.2 Å². The number of hydrogen-bond acceptors (Lipinski definition) is 4. The Hall–Kier alpha value is -0.940. The van der Waals surface area contributed by atoms with Gasteiger partial charge < -0.3 is 10.2 Å². The van der Waals surface area contributed by atoms with Crippen LogP contribution in [0.5, 0.6) is 0 Å². The third kappa shape index (κ3) is 2.74. The minimum Gasteiger partial charge on any atom is -0.305 e. The van der Waals surface area contributed by atoms with E-state index in [4.69, 9.17) is 0 Å². The molecule has 2 unspecified atom stereocenters. The van der Waals surface area contributed by atoms with Gasteiger partial charge in [0.05, 0.1) is 12.5 Å². The Morgan fingerprint density at radius 3 is 2.60 bits per heavy atom. The van der Waals surface area contributed by atoms with Crippen LogP contribution in [0.15, 0.2) is 0 Å². The maximum atomic E-state index is 12.2. The first-order chi connectivity index (χ1) is 9.56. The van der Waals surface area contributed by atoms with Gasteiger partial charge >= 0.3 is 0 Å². The number of hydrogen-bond donors (Lipinski definition) is 1. The molecule has 0 spiro atoms. The van der Waals surface area contributed by atoms with E-state index in [-0.39, 0.29) is 23.9 Å². The molecule has 1 saturated carbocycles. The first-order valence-electron chi connectivity index (χ1n) is 7.89. The monoisotopic (exact) mass is 279 g/mol. The molecule has 0 aromatic carbocycles. The Morgan fingerprint density at radius 2 is 2.00 bits per heavy atom. The van der Waals surface area contributed by atoms with Crippen molar-refractivity contribution in [1.82, 2.24) is 15.1 Å². The van der Waals surface area contributed by atoms with E-state index in [9.17, 15) is 9.59 Å². The molecule has 0 aromatic heterocycles. The van der Waals surface area contributed by atoms with Crippen LogP contribution in [-0.2, 0) is 9.59 Å². The molecule has 1 N–H and O–H groups in total. The van der Waals surface area contributed by atoms with Gasteiger partial charge in [-0.1, -0.05) is 0 Å². The fraction of sp³-hybridized carbons (Fsp3) is 0.867. The van der Waals surface area contributed by atoms with Crippen LogP contribution in [0.25, 0.3) is 0 Å². The van der Waals surface area contributed by atoms with Crippen LogP contribution in [0.4, 0.5) is 0 Å². The highest BCUT2D eigenvalue weighted by Crippen LogP contribution is 2.31. The van der Waals surface area contributed by atoms with Gasteiger partial charge in [0.2, 0.25) is 11.8 Å². The molecule has 3 fully saturated rings. The topological polar surface area (TPSA) is 52.7 Å². The van der Waals surface area contributed by atoms with Gasteiger partial charge in [-0.2, -0.15) is 0 Å². The van der Waals surface area contributed by atoms with Crippen LogP contribution in [0, 0.1) is 5.92 Å². The Bertz CT molecular complexity index is 406. The average Bonchev–Trinajstić information content (AvgIpc) is 3.06. The smallest absolute Gasteiger partial charge is 0.247 e. The molecule has 2 atom stereocenters. The highest BCUT2D eigenvalue weighted by atomic mass is 16.2. The summed E-state index contributed by atoms with van der Waals surface area (Å²) in [6.45, 7) is 7.00.